The smallest absolute Gasteiger partial charge is 0.308 e. The summed E-state index contributed by atoms with van der Waals surface area (Å²) in [5.41, 5.74) is 1.82. The third-order valence-corrected chi connectivity index (χ3v) is 5.54. The number of amides is 1. The second-order valence-electron chi connectivity index (χ2n) is 9.14. The first-order valence-corrected chi connectivity index (χ1v) is 12.5. The minimum absolute atomic E-state index is 0.0225. The summed E-state index contributed by atoms with van der Waals surface area (Å²) in [7, 11) is 3.84. The zero-order valence-electron chi connectivity index (χ0n) is 21.0. The van der Waals surface area contributed by atoms with Crippen LogP contribution in [-0.4, -0.2) is 43.5 Å². The molecule has 0 spiro atoms. The van der Waals surface area contributed by atoms with Gasteiger partial charge >= 0.3 is 5.97 Å². The molecule has 1 unspecified atom stereocenters. The molecule has 1 amide bonds. The number of ether oxygens (including phenoxy) is 1. The number of benzene rings is 2. The van der Waals surface area contributed by atoms with Crippen molar-refractivity contribution in [2.75, 3.05) is 20.6 Å². The summed E-state index contributed by atoms with van der Waals surface area (Å²) in [5, 5.41) is 3.00. The summed E-state index contributed by atoms with van der Waals surface area (Å²) in [6.45, 7) is 0.818. The molecule has 2 aromatic carbocycles. The van der Waals surface area contributed by atoms with Crippen molar-refractivity contribution in [2.24, 2.45) is 0 Å². The van der Waals surface area contributed by atoms with Crippen molar-refractivity contribution in [1.82, 2.24) is 10.2 Å². The Labute approximate surface area is 209 Å². The number of carbonyl (C=O) groups is 2. The monoisotopic (exact) mass is 482 g/mol. The molecule has 0 radical (unpaired) electrons. The lowest BCUT2D eigenvalue weighted by Crippen LogP contribution is -2.43. The number of carbonyl (C=O) groups excluding carboxylic acids is 2. The molecular weight excluding hydrogens is 443 g/mol. The van der Waals surface area contributed by atoms with Gasteiger partial charge in [-0.15, -0.1) is 0 Å². The topological polar surface area (TPSA) is 58.6 Å². The van der Waals surface area contributed by atoms with E-state index in [1.54, 1.807) is 6.07 Å². The van der Waals surface area contributed by atoms with E-state index in [1.165, 1.54) is 12.1 Å². The van der Waals surface area contributed by atoms with Crippen LogP contribution in [0.4, 0.5) is 4.39 Å². The molecule has 1 atom stereocenters. The van der Waals surface area contributed by atoms with E-state index < -0.39 is 0 Å². The molecule has 2 aromatic rings. The molecule has 0 aliphatic rings. The van der Waals surface area contributed by atoms with Gasteiger partial charge in [-0.25, -0.2) is 4.39 Å². The Morgan fingerprint density at radius 1 is 1.00 bits per heavy atom. The lowest BCUT2D eigenvalue weighted by Gasteiger charge is -2.22. The van der Waals surface area contributed by atoms with Crippen molar-refractivity contribution >= 4 is 18.0 Å². The zero-order valence-corrected chi connectivity index (χ0v) is 21.0. The number of halogens is 1. The molecule has 0 saturated heterocycles. The first-order chi connectivity index (χ1) is 16.9. The number of allylic oxidation sites excluding steroid dienone is 1. The van der Waals surface area contributed by atoms with Gasteiger partial charge in [0, 0.05) is 13.0 Å². The average Bonchev–Trinajstić information content (AvgIpc) is 2.82. The molecule has 0 fully saturated rings. The SMILES string of the molecule is CN(C)CC(CC(=O)OCc1ccccc1)NC(=O)CCCCCCCC=Cc1cccc(F)c1. The van der Waals surface area contributed by atoms with Gasteiger partial charge in [0.25, 0.3) is 0 Å². The normalized spacial score (nSPS) is 12.1. The predicted molar refractivity (Wildman–Crippen MR) is 139 cm³/mol. The van der Waals surface area contributed by atoms with Crippen molar-refractivity contribution in [2.45, 2.75) is 64.0 Å². The van der Waals surface area contributed by atoms with Gasteiger partial charge in [0.2, 0.25) is 5.91 Å². The lowest BCUT2D eigenvalue weighted by molar-refractivity contribution is -0.145. The van der Waals surface area contributed by atoms with E-state index in [1.807, 2.05) is 61.5 Å². The maximum Gasteiger partial charge on any atom is 0.308 e. The molecule has 0 aromatic heterocycles. The highest BCUT2D eigenvalue weighted by Crippen LogP contribution is 2.11. The Hall–Kier alpha value is -2.99. The number of nitrogens with zero attached hydrogens (tertiary/aromatic N) is 1. The molecule has 190 valence electrons. The van der Waals surface area contributed by atoms with Gasteiger partial charge in [-0.1, -0.05) is 73.9 Å². The quantitative estimate of drug-likeness (QED) is 0.245. The second-order valence-corrected chi connectivity index (χ2v) is 9.14. The van der Waals surface area contributed by atoms with Gasteiger partial charge in [0.05, 0.1) is 12.5 Å². The van der Waals surface area contributed by atoms with E-state index in [4.69, 9.17) is 4.74 Å². The predicted octanol–water partition coefficient (Wildman–Crippen LogP) is 5.75. The van der Waals surface area contributed by atoms with Crippen LogP contribution in [0.25, 0.3) is 6.08 Å². The molecule has 35 heavy (non-hydrogen) atoms. The van der Waals surface area contributed by atoms with Gasteiger partial charge in [-0.3, -0.25) is 9.59 Å². The molecule has 5 nitrogen and oxygen atoms in total. The van der Waals surface area contributed by atoms with Crippen molar-refractivity contribution in [3.8, 4) is 0 Å². The minimum Gasteiger partial charge on any atom is -0.461 e. The molecule has 6 heteroatoms. The fourth-order valence-corrected chi connectivity index (χ4v) is 3.81. The van der Waals surface area contributed by atoms with Crippen LogP contribution < -0.4 is 5.32 Å². The number of esters is 1. The Bertz CT molecular complexity index is 915. The van der Waals surface area contributed by atoms with Crippen molar-refractivity contribution in [3.63, 3.8) is 0 Å². The van der Waals surface area contributed by atoms with Crippen LogP contribution in [0, 0.1) is 5.82 Å². The molecule has 0 bridgehead atoms. The zero-order chi connectivity index (χ0) is 25.3. The molecule has 0 heterocycles. The molecule has 0 aliphatic carbocycles. The van der Waals surface area contributed by atoms with Crippen LogP contribution in [0.3, 0.4) is 0 Å². The number of nitrogens with one attached hydrogen (secondary N) is 1. The van der Waals surface area contributed by atoms with Gasteiger partial charge < -0.3 is 15.0 Å². The van der Waals surface area contributed by atoms with Gasteiger partial charge in [0.15, 0.2) is 0 Å². The summed E-state index contributed by atoms with van der Waals surface area (Å²) in [6, 6.07) is 15.9. The maximum atomic E-state index is 13.2. The van der Waals surface area contributed by atoms with Crippen LogP contribution in [-0.2, 0) is 20.9 Å². The highest BCUT2D eigenvalue weighted by atomic mass is 19.1. The first kappa shape index (κ1) is 28.2. The largest absolute Gasteiger partial charge is 0.461 e. The van der Waals surface area contributed by atoms with Crippen molar-refractivity contribution < 1.29 is 18.7 Å². The highest BCUT2D eigenvalue weighted by molar-refractivity contribution is 5.77. The van der Waals surface area contributed by atoms with E-state index in [0.29, 0.717) is 13.0 Å². The van der Waals surface area contributed by atoms with Gasteiger partial charge in [-0.2, -0.15) is 0 Å². The summed E-state index contributed by atoms with van der Waals surface area (Å²) in [5.74, 6) is -0.551. The summed E-state index contributed by atoms with van der Waals surface area (Å²) in [4.78, 5) is 26.6. The molecule has 1 N–H and O–H groups in total. The standard InChI is InChI=1S/C29H39FN2O3/c1-32(2)22-27(21-29(34)35-23-25-15-10-8-11-16-25)31-28(33)19-12-7-5-3-4-6-9-14-24-17-13-18-26(30)20-24/h8-11,13-18,20,27H,3-7,12,19,21-23H2,1-2H3,(H,31,33). The lowest BCUT2D eigenvalue weighted by atomic mass is 10.1. The van der Waals surface area contributed by atoms with Crippen molar-refractivity contribution in [1.29, 1.82) is 0 Å². The summed E-state index contributed by atoms with van der Waals surface area (Å²) >= 11 is 0. The number of rotatable bonds is 16. The molecule has 0 aliphatic heterocycles. The van der Waals surface area contributed by atoms with E-state index in [-0.39, 0.29) is 36.8 Å². The van der Waals surface area contributed by atoms with E-state index in [9.17, 15) is 14.0 Å². The number of hydrogen-bond acceptors (Lipinski definition) is 4. The fraction of sp³-hybridized carbons (Fsp3) is 0.448. The third kappa shape index (κ3) is 13.5. The number of unbranched alkanes of at least 4 members (excludes halogenated alkanes) is 5. The second kappa shape index (κ2) is 16.6. The Kier molecular flexibility index (Phi) is 13.4. The van der Waals surface area contributed by atoms with Crippen LogP contribution in [0.1, 0.15) is 62.5 Å². The Balaban J connectivity index is 1.58. The molecule has 2 rings (SSSR count). The van der Waals surface area contributed by atoms with Gasteiger partial charge in [-0.05, 0) is 56.6 Å². The summed E-state index contributed by atoms with van der Waals surface area (Å²) < 4.78 is 18.5. The minimum atomic E-state index is -0.313. The maximum absolute atomic E-state index is 13.2. The third-order valence-electron chi connectivity index (χ3n) is 5.54. The molecular formula is C29H39FN2O3. The Morgan fingerprint density at radius 2 is 1.74 bits per heavy atom. The van der Waals surface area contributed by atoms with Crippen LogP contribution in [0.5, 0.6) is 0 Å². The van der Waals surface area contributed by atoms with E-state index in [2.05, 4.69) is 11.4 Å². The van der Waals surface area contributed by atoms with Crippen molar-refractivity contribution in [3.05, 3.63) is 77.6 Å². The fourth-order valence-electron chi connectivity index (χ4n) is 3.81. The van der Waals surface area contributed by atoms with E-state index in [0.717, 1.165) is 49.7 Å². The van der Waals surface area contributed by atoms with E-state index >= 15 is 0 Å². The summed E-state index contributed by atoms with van der Waals surface area (Å²) in [6.07, 6.45) is 10.7. The van der Waals surface area contributed by atoms with Gasteiger partial charge in [0.1, 0.15) is 12.4 Å². The molecule has 0 saturated carbocycles. The number of hydrogen-bond donors (Lipinski definition) is 1. The Morgan fingerprint density at radius 3 is 2.49 bits per heavy atom. The first-order valence-electron chi connectivity index (χ1n) is 12.5. The van der Waals surface area contributed by atoms with Crippen LogP contribution in [0.2, 0.25) is 0 Å². The number of likely N-dealkylation sites (N-methyl/N-ethyl adjacent to an activating group) is 1. The van der Waals surface area contributed by atoms with Crippen LogP contribution in [0.15, 0.2) is 60.7 Å². The van der Waals surface area contributed by atoms with Crippen LogP contribution >= 0.6 is 0 Å². The highest BCUT2D eigenvalue weighted by Gasteiger charge is 2.18. The average molecular weight is 483 g/mol.